The zero-order valence-corrected chi connectivity index (χ0v) is 13.2. The van der Waals surface area contributed by atoms with E-state index in [0.717, 1.165) is 37.7 Å². The van der Waals surface area contributed by atoms with E-state index in [1.54, 1.807) is 18.5 Å². The van der Waals surface area contributed by atoms with Gasteiger partial charge >= 0.3 is 0 Å². The zero-order valence-electron chi connectivity index (χ0n) is 13.2. The largest absolute Gasteiger partial charge is 0.371 e. The molecule has 0 bridgehead atoms. The Morgan fingerprint density at radius 3 is 3.00 bits per heavy atom. The van der Waals surface area contributed by atoms with E-state index in [9.17, 15) is 0 Å². The lowest BCUT2D eigenvalue weighted by atomic mass is 9.97. The smallest absolute Gasteiger partial charge is 0.225 e. The molecule has 2 atom stereocenters. The molecule has 2 aromatic heterocycles. The summed E-state index contributed by atoms with van der Waals surface area (Å²) in [5.74, 6) is 1.48. The van der Waals surface area contributed by atoms with Gasteiger partial charge in [-0.25, -0.2) is 15.0 Å². The van der Waals surface area contributed by atoms with Crippen LogP contribution in [0.15, 0.2) is 36.7 Å². The summed E-state index contributed by atoms with van der Waals surface area (Å²) in [5, 5.41) is 12.3. The summed E-state index contributed by atoms with van der Waals surface area (Å²) in [6.45, 7) is 2.35. The highest BCUT2D eigenvalue weighted by Crippen LogP contribution is 2.37. The fraction of sp³-hybridized carbons (Fsp3) is 0.412. The van der Waals surface area contributed by atoms with E-state index in [4.69, 9.17) is 10.00 Å². The molecule has 7 nitrogen and oxygen atoms in total. The van der Waals surface area contributed by atoms with Gasteiger partial charge in [-0.3, -0.25) is 0 Å². The minimum atomic E-state index is -0.149. The fourth-order valence-electron chi connectivity index (χ4n) is 3.48. The average molecular weight is 322 g/mol. The number of hydrogen-bond donors (Lipinski definition) is 1. The van der Waals surface area contributed by atoms with Gasteiger partial charge in [-0.1, -0.05) is 6.07 Å². The molecular weight excluding hydrogens is 304 g/mol. The lowest BCUT2D eigenvalue weighted by molar-refractivity contribution is 0.0228. The van der Waals surface area contributed by atoms with Gasteiger partial charge in [0, 0.05) is 25.4 Å². The van der Waals surface area contributed by atoms with E-state index in [2.05, 4.69) is 31.2 Å². The Morgan fingerprint density at radius 2 is 2.17 bits per heavy atom. The number of nitrogens with zero attached hydrogens (tertiary/aromatic N) is 5. The van der Waals surface area contributed by atoms with Crippen molar-refractivity contribution in [3.8, 4) is 6.07 Å². The van der Waals surface area contributed by atoms with Crippen LogP contribution in [0.2, 0.25) is 0 Å². The molecule has 0 aliphatic carbocycles. The van der Waals surface area contributed by atoms with E-state index in [0.29, 0.717) is 12.3 Å². The Bertz CT molecular complexity index is 761. The van der Waals surface area contributed by atoms with Crippen molar-refractivity contribution in [2.75, 3.05) is 29.9 Å². The third kappa shape index (κ3) is 2.88. The van der Waals surface area contributed by atoms with Crippen LogP contribution in [0.25, 0.3) is 0 Å². The maximum Gasteiger partial charge on any atom is 0.225 e. The van der Waals surface area contributed by atoms with Crippen molar-refractivity contribution in [3.05, 3.63) is 42.4 Å². The second-order valence-electron chi connectivity index (χ2n) is 6.28. The van der Waals surface area contributed by atoms with Crippen molar-refractivity contribution in [1.29, 1.82) is 5.26 Å². The van der Waals surface area contributed by atoms with E-state index in [1.165, 1.54) is 0 Å². The quantitative estimate of drug-likeness (QED) is 0.918. The summed E-state index contributed by atoms with van der Waals surface area (Å²) in [4.78, 5) is 15.1. The van der Waals surface area contributed by atoms with Gasteiger partial charge in [0.1, 0.15) is 17.6 Å². The molecule has 1 spiro atoms. The molecule has 122 valence electrons. The minimum absolute atomic E-state index is 0.149. The number of nitriles is 1. The highest BCUT2D eigenvalue weighted by molar-refractivity contribution is 5.40. The molecule has 2 unspecified atom stereocenters. The summed E-state index contributed by atoms with van der Waals surface area (Å²) in [6, 6.07) is 9.50. The van der Waals surface area contributed by atoms with Gasteiger partial charge in [0.25, 0.3) is 0 Å². The van der Waals surface area contributed by atoms with Gasteiger partial charge in [0.15, 0.2) is 0 Å². The summed E-state index contributed by atoms with van der Waals surface area (Å²) in [6.07, 6.45) is 5.41. The van der Waals surface area contributed by atoms with Gasteiger partial charge in [0.2, 0.25) is 5.95 Å². The highest BCUT2D eigenvalue weighted by atomic mass is 16.5. The Balaban J connectivity index is 1.40. The van der Waals surface area contributed by atoms with Crippen LogP contribution in [0.3, 0.4) is 0 Å². The standard InChI is InChI=1S/C17H18N6O/c18-10-13-3-1-4-15(21-13)22-14-9-17(24-11-14)5-8-23(12-17)16-19-6-2-7-20-16/h1-4,6-7,14H,5,8-9,11-12H2,(H,21,22). The lowest BCUT2D eigenvalue weighted by Crippen LogP contribution is -2.34. The van der Waals surface area contributed by atoms with Gasteiger partial charge in [-0.2, -0.15) is 5.26 Å². The number of pyridine rings is 1. The first-order valence-electron chi connectivity index (χ1n) is 8.06. The van der Waals surface area contributed by atoms with Crippen LogP contribution < -0.4 is 10.2 Å². The molecule has 0 radical (unpaired) electrons. The van der Waals surface area contributed by atoms with Gasteiger partial charge in [-0.05, 0) is 24.6 Å². The average Bonchev–Trinajstić information content (AvgIpc) is 3.23. The van der Waals surface area contributed by atoms with Crippen molar-refractivity contribution < 1.29 is 4.74 Å². The monoisotopic (exact) mass is 322 g/mol. The fourth-order valence-corrected chi connectivity index (χ4v) is 3.48. The number of rotatable bonds is 3. The van der Waals surface area contributed by atoms with E-state index >= 15 is 0 Å². The van der Waals surface area contributed by atoms with E-state index < -0.39 is 0 Å². The lowest BCUT2D eigenvalue weighted by Gasteiger charge is -2.23. The van der Waals surface area contributed by atoms with Crippen LogP contribution in [0.1, 0.15) is 18.5 Å². The molecule has 0 saturated carbocycles. The second kappa shape index (κ2) is 6.06. The van der Waals surface area contributed by atoms with Crippen molar-refractivity contribution in [1.82, 2.24) is 15.0 Å². The Kier molecular flexibility index (Phi) is 3.75. The molecule has 1 N–H and O–H groups in total. The summed E-state index contributed by atoms with van der Waals surface area (Å²) >= 11 is 0. The molecule has 2 saturated heterocycles. The number of ether oxygens (including phenoxy) is 1. The third-order valence-electron chi connectivity index (χ3n) is 4.58. The first-order chi connectivity index (χ1) is 11.8. The molecule has 0 amide bonds. The Labute approximate surface area is 140 Å². The van der Waals surface area contributed by atoms with Gasteiger partial charge < -0.3 is 15.0 Å². The summed E-state index contributed by atoms with van der Waals surface area (Å²) in [7, 11) is 0. The Morgan fingerprint density at radius 1 is 1.29 bits per heavy atom. The van der Waals surface area contributed by atoms with Gasteiger partial charge in [-0.15, -0.1) is 0 Å². The van der Waals surface area contributed by atoms with Crippen LogP contribution in [0.4, 0.5) is 11.8 Å². The van der Waals surface area contributed by atoms with Crippen LogP contribution >= 0.6 is 0 Å². The maximum absolute atomic E-state index is 8.95. The molecule has 7 heteroatoms. The second-order valence-corrected chi connectivity index (χ2v) is 6.28. The third-order valence-corrected chi connectivity index (χ3v) is 4.58. The molecule has 0 aromatic carbocycles. The number of aromatic nitrogens is 3. The molecule has 4 rings (SSSR count). The molecule has 2 aromatic rings. The van der Waals surface area contributed by atoms with Crippen LogP contribution in [-0.4, -0.2) is 46.3 Å². The molecule has 4 heterocycles. The molecule has 24 heavy (non-hydrogen) atoms. The number of hydrogen-bond acceptors (Lipinski definition) is 7. The van der Waals surface area contributed by atoms with Crippen molar-refractivity contribution in [2.24, 2.45) is 0 Å². The molecule has 2 aliphatic rings. The molecular formula is C17H18N6O. The van der Waals surface area contributed by atoms with Crippen molar-refractivity contribution in [3.63, 3.8) is 0 Å². The van der Waals surface area contributed by atoms with Crippen molar-refractivity contribution >= 4 is 11.8 Å². The SMILES string of the molecule is N#Cc1cccc(NC2COC3(CCN(c4ncccn4)C3)C2)n1. The van der Waals surface area contributed by atoms with Crippen LogP contribution in [-0.2, 0) is 4.74 Å². The van der Waals surface area contributed by atoms with Crippen molar-refractivity contribution in [2.45, 2.75) is 24.5 Å². The Hall–Kier alpha value is -2.72. The topological polar surface area (TPSA) is 87.0 Å². The van der Waals surface area contributed by atoms with Gasteiger partial charge in [0.05, 0.1) is 24.8 Å². The zero-order chi connectivity index (χ0) is 16.4. The normalized spacial score (nSPS) is 25.8. The van der Waals surface area contributed by atoms with Crippen LogP contribution in [0, 0.1) is 11.3 Å². The number of anilines is 2. The molecule has 2 fully saturated rings. The summed E-state index contributed by atoms with van der Waals surface area (Å²) < 4.78 is 6.14. The first-order valence-corrected chi connectivity index (χ1v) is 8.06. The maximum atomic E-state index is 8.95. The minimum Gasteiger partial charge on any atom is -0.371 e. The summed E-state index contributed by atoms with van der Waals surface area (Å²) in [5.41, 5.74) is 0.269. The number of nitrogens with one attached hydrogen (secondary N) is 1. The van der Waals surface area contributed by atoms with E-state index in [1.807, 2.05) is 18.2 Å². The van der Waals surface area contributed by atoms with E-state index in [-0.39, 0.29) is 11.6 Å². The highest BCUT2D eigenvalue weighted by Gasteiger charge is 2.46. The molecule has 2 aliphatic heterocycles. The predicted octanol–water partition coefficient (Wildman–Crippen LogP) is 1.59. The first kappa shape index (κ1) is 14.8. The predicted molar refractivity (Wildman–Crippen MR) is 88.5 cm³/mol. The van der Waals surface area contributed by atoms with Crippen LogP contribution in [0.5, 0.6) is 0 Å².